The van der Waals surface area contributed by atoms with Crippen molar-refractivity contribution >= 4 is 34.7 Å². The zero-order chi connectivity index (χ0) is 18.5. The van der Waals surface area contributed by atoms with E-state index in [1.54, 1.807) is 31.4 Å². The van der Waals surface area contributed by atoms with E-state index in [0.717, 1.165) is 17.0 Å². The molecule has 1 heterocycles. The van der Waals surface area contributed by atoms with Crippen LogP contribution in [0.1, 0.15) is 16.1 Å². The van der Waals surface area contributed by atoms with Crippen molar-refractivity contribution in [2.45, 2.75) is 6.92 Å². The summed E-state index contributed by atoms with van der Waals surface area (Å²) in [4.78, 5) is 20.7. The fraction of sp³-hybridized carbons (Fsp3) is 0.105. The summed E-state index contributed by atoms with van der Waals surface area (Å²) in [5.41, 5.74) is 2.60. The number of methoxy groups -OCH3 is 1. The Kier molecular flexibility index (Phi) is 5.34. The summed E-state index contributed by atoms with van der Waals surface area (Å²) < 4.78 is 5.19. The van der Waals surface area contributed by atoms with E-state index in [2.05, 4.69) is 20.6 Å². The summed E-state index contributed by atoms with van der Waals surface area (Å²) in [6.07, 6.45) is 1.34. The summed E-state index contributed by atoms with van der Waals surface area (Å²) >= 11 is 5.94. The van der Waals surface area contributed by atoms with Crippen molar-refractivity contribution in [2.75, 3.05) is 17.7 Å². The number of hydrogen-bond donors (Lipinski definition) is 2. The lowest BCUT2D eigenvalue weighted by Crippen LogP contribution is -2.15. The van der Waals surface area contributed by atoms with Crippen LogP contribution < -0.4 is 15.4 Å². The zero-order valence-corrected chi connectivity index (χ0v) is 15.0. The summed E-state index contributed by atoms with van der Waals surface area (Å²) in [7, 11) is 1.60. The maximum absolute atomic E-state index is 12.5. The topological polar surface area (TPSA) is 76.1 Å². The Labute approximate surface area is 156 Å². The number of carbonyl (C=O) groups is 1. The maximum atomic E-state index is 12.5. The lowest BCUT2D eigenvalue weighted by molar-refractivity contribution is 0.102. The number of nitrogens with one attached hydrogen (secondary N) is 2. The van der Waals surface area contributed by atoms with Gasteiger partial charge in [0.15, 0.2) is 0 Å². The van der Waals surface area contributed by atoms with Crippen LogP contribution in [0.25, 0.3) is 0 Å². The van der Waals surface area contributed by atoms with E-state index in [1.165, 1.54) is 6.33 Å². The van der Waals surface area contributed by atoms with E-state index < -0.39 is 0 Å². The number of nitrogens with zero attached hydrogens (tertiary/aromatic N) is 2. The largest absolute Gasteiger partial charge is 0.497 e. The first-order valence-electron chi connectivity index (χ1n) is 7.86. The first-order valence-corrected chi connectivity index (χ1v) is 8.23. The second-order valence-corrected chi connectivity index (χ2v) is 6.00. The number of ether oxygens (including phenoxy) is 1. The quantitative estimate of drug-likeness (QED) is 0.696. The van der Waals surface area contributed by atoms with Crippen LogP contribution in [0, 0.1) is 6.92 Å². The van der Waals surface area contributed by atoms with Crippen LogP contribution in [0.3, 0.4) is 0 Å². The molecular formula is C19H17ClN4O2. The molecule has 0 aliphatic rings. The lowest BCUT2D eigenvalue weighted by atomic mass is 10.2. The molecule has 3 aromatic rings. The number of aryl methyl sites for hydroxylation is 1. The van der Waals surface area contributed by atoms with Gasteiger partial charge in [0.1, 0.15) is 23.6 Å². The van der Waals surface area contributed by atoms with Crippen LogP contribution in [0.2, 0.25) is 5.02 Å². The molecule has 0 aliphatic heterocycles. The molecule has 6 nitrogen and oxygen atoms in total. The van der Waals surface area contributed by atoms with Gasteiger partial charge in [0.05, 0.1) is 7.11 Å². The minimum Gasteiger partial charge on any atom is -0.497 e. The van der Waals surface area contributed by atoms with Crippen LogP contribution in [0.15, 0.2) is 54.9 Å². The van der Waals surface area contributed by atoms with Crippen molar-refractivity contribution in [3.05, 3.63) is 71.1 Å². The molecule has 0 atom stereocenters. The third kappa shape index (κ3) is 4.29. The Morgan fingerprint density at radius 2 is 1.96 bits per heavy atom. The second-order valence-electron chi connectivity index (χ2n) is 5.56. The molecule has 0 bridgehead atoms. The summed E-state index contributed by atoms with van der Waals surface area (Å²) in [5, 5.41) is 6.57. The lowest BCUT2D eigenvalue weighted by Gasteiger charge is -2.10. The number of rotatable bonds is 5. The molecule has 1 aromatic heterocycles. The van der Waals surface area contributed by atoms with Gasteiger partial charge >= 0.3 is 0 Å². The number of hydrogen-bond acceptors (Lipinski definition) is 5. The van der Waals surface area contributed by atoms with Crippen LogP contribution >= 0.6 is 11.6 Å². The van der Waals surface area contributed by atoms with Gasteiger partial charge in [-0.25, -0.2) is 9.97 Å². The number of aromatic nitrogens is 2. The molecule has 0 fully saturated rings. The van der Waals surface area contributed by atoms with Gasteiger partial charge in [-0.05, 0) is 42.8 Å². The minimum absolute atomic E-state index is 0.250. The predicted octanol–water partition coefficient (Wildman–Crippen LogP) is 4.44. The average molecular weight is 369 g/mol. The van der Waals surface area contributed by atoms with Crippen molar-refractivity contribution in [1.29, 1.82) is 0 Å². The summed E-state index contributed by atoms with van der Waals surface area (Å²) in [6, 6.07) is 14.3. The Bertz CT molecular complexity index is 946. The molecule has 26 heavy (non-hydrogen) atoms. The Morgan fingerprint density at radius 3 is 2.73 bits per heavy atom. The monoisotopic (exact) mass is 368 g/mol. The van der Waals surface area contributed by atoms with E-state index >= 15 is 0 Å². The highest BCUT2D eigenvalue weighted by molar-refractivity contribution is 6.30. The Balaban J connectivity index is 1.76. The molecule has 3 rings (SSSR count). The molecule has 7 heteroatoms. The van der Waals surface area contributed by atoms with Crippen LogP contribution in [-0.2, 0) is 0 Å². The first kappa shape index (κ1) is 17.7. The van der Waals surface area contributed by atoms with Crippen LogP contribution in [-0.4, -0.2) is 23.0 Å². The van der Waals surface area contributed by atoms with Gasteiger partial charge in [-0.2, -0.15) is 0 Å². The third-order valence-electron chi connectivity index (χ3n) is 3.68. The van der Waals surface area contributed by atoms with Gasteiger partial charge in [0.25, 0.3) is 5.91 Å². The highest BCUT2D eigenvalue weighted by Gasteiger charge is 2.11. The molecule has 2 N–H and O–H groups in total. The molecule has 0 saturated heterocycles. The van der Waals surface area contributed by atoms with Gasteiger partial charge in [-0.15, -0.1) is 0 Å². The predicted molar refractivity (Wildman–Crippen MR) is 102 cm³/mol. The molecule has 0 spiro atoms. The minimum atomic E-state index is -0.327. The number of carbonyl (C=O) groups excluding carboxylic acids is 1. The fourth-order valence-corrected chi connectivity index (χ4v) is 2.58. The molecular weight excluding hydrogens is 352 g/mol. The first-order chi connectivity index (χ1) is 12.5. The highest BCUT2D eigenvalue weighted by Crippen LogP contribution is 2.22. The molecule has 2 aromatic carbocycles. The SMILES string of the molecule is COc1cccc(Nc2cc(C(=O)Nc3ccc(Cl)cc3C)ncn2)c1. The third-order valence-corrected chi connectivity index (χ3v) is 3.91. The molecule has 0 unspecified atom stereocenters. The summed E-state index contributed by atoms with van der Waals surface area (Å²) in [6.45, 7) is 1.87. The number of anilines is 3. The van der Waals surface area contributed by atoms with Crippen molar-refractivity contribution in [2.24, 2.45) is 0 Å². The smallest absolute Gasteiger partial charge is 0.274 e. The van der Waals surface area contributed by atoms with Gasteiger partial charge in [-0.1, -0.05) is 17.7 Å². The van der Waals surface area contributed by atoms with Crippen molar-refractivity contribution in [3.63, 3.8) is 0 Å². The number of benzene rings is 2. The van der Waals surface area contributed by atoms with Gasteiger partial charge in [0, 0.05) is 28.5 Å². The van der Waals surface area contributed by atoms with Crippen molar-refractivity contribution in [1.82, 2.24) is 9.97 Å². The fourth-order valence-electron chi connectivity index (χ4n) is 2.35. The van der Waals surface area contributed by atoms with E-state index in [0.29, 0.717) is 16.5 Å². The molecule has 0 aliphatic carbocycles. The van der Waals surface area contributed by atoms with Gasteiger partial charge in [-0.3, -0.25) is 4.79 Å². The highest BCUT2D eigenvalue weighted by atomic mass is 35.5. The van der Waals surface area contributed by atoms with Gasteiger partial charge in [0.2, 0.25) is 0 Å². The summed E-state index contributed by atoms with van der Waals surface area (Å²) in [5.74, 6) is 0.901. The van der Waals surface area contributed by atoms with E-state index in [-0.39, 0.29) is 11.6 Å². The van der Waals surface area contributed by atoms with Crippen LogP contribution in [0.4, 0.5) is 17.2 Å². The number of amides is 1. The molecule has 1 amide bonds. The maximum Gasteiger partial charge on any atom is 0.274 e. The van der Waals surface area contributed by atoms with E-state index in [1.807, 2.05) is 31.2 Å². The standard InChI is InChI=1S/C19H17ClN4O2/c1-12-8-13(20)6-7-16(12)24-19(25)17-10-18(22-11-21-17)23-14-4-3-5-15(9-14)26-2/h3-11H,1-2H3,(H,24,25)(H,21,22,23). The normalized spacial score (nSPS) is 10.3. The molecule has 0 saturated carbocycles. The number of halogens is 1. The van der Waals surface area contributed by atoms with E-state index in [9.17, 15) is 4.79 Å². The van der Waals surface area contributed by atoms with Crippen molar-refractivity contribution in [3.8, 4) is 5.75 Å². The second kappa shape index (κ2) is 7.84. The zero-order valence-electron chi connectivity index (χ0n) is 14.3. The molecule has 0 radical (unpaired) electrons. The average Bonchev–Trinajstić information content (AvgIpc) is 2.64. The van der Waals surface area contributed by atoms with Crippen LogP contribution in [0.5, 0.6) is 5.75 Å². The molecule has 132 valence electrons. The van der Waals surface area contributed by atoms with E-state index in [4.69, 9.17) is 16.3 Å². The van der Waals surface area contributed by atoms with Gasteiger partial charge < -0.3 is 15.4 Å². The Morgan fingerprint density at radius 1 is 1.12 bits per heavy atom. The van der Waals surface area contributed by atoms with Crippen molar-refractivity contribution < 1.29 is 9.53 Å². The Hall–Kier alpha value is -3.12.